The Labute approximate surface area is 112 Å². The summed E-state index contributed by atoms with van der Waals surface area (Å²) in [6.45, 7) is -0.0727. The number of aliphatic hydroxyl groups excluding tert-OH is 1. The van der Waals surface area contributed by atoms with Gasteiger partial charge in [-0.15, -0.1) is 0 Å². The van der Waals surface area contributed by atoms with Crippen LogP contribution < -0.4 is 0 Å². The van der Waals surface area contributed by atoms with Crippen LogP contribution in [-0.4, -0.2) is 19.9 Å². The molecule has 90 valence electrons. The summed E-state index contributed by atoms with van der Waals surface area (Å²) in [7, 11) is 0. The van der Waals surface area contributed by atoms with E-state index in [1.165, 1.54) is 0 Å². The lowest BCUT2D eigenvalue weighted by Gasteiger charge is -2.05. The fourth-order valence-corrected chi connectivity index (χ4v) is 2.23. The third kappa shape index (κ3) is 1.91. The second-order valence-corrected chi connectivity index (χ2v) is 4.84. The number of halogens is 1. The van der Waals surface area contributed by atoms with Gasteiger partial charge in [0, 0.05) is 16.1 Å². The molecular weight excluding hydrogens is 294 g/mol. The molecule has 18 heavy (non-hydrogen) atoms. The molecule has 0 saturated heterocycles. The summed E-state index contributed by atoms with van der Waals surface area (Å²) in [5.41, 5.74) is 2.53. The smallest absolute Gasteiger partial charge is 0.0853 e. The summed E-state index contributed by atoms with van der Waals surface area (Å²) in [6, 6.07) is 9.71. The molecule has 0 aliphatic heterocycles. The molecule has 0 bridgehead atoms. The molecule has 1 N–H and O–H groups in total. The second-order valence-electron chi connectivity index (χ2n) is 3.92. The minimum atomic E-state index is -0.0727. The van der Waals surface area contributed by atoms with Crippen molar-refractivity contribution in [2.45, 2.75) is 6.61 Å². The first-order valence-corrected chi connectivity index (χ1v) is 6.27. The van der Waals surface area contributed by atoms with Gasteiger partial charge in [-0.3, -0.25) is 4.98 Å². The van der Waals surface area contributed by atoms with Gasteiger partial charge in [-0.1, -0.05) is 22.0 Å². The lowest BCUT2D eigenvalue weighted by molar-refractivity contribution is 0.277. The second kappa shape index (κ2) is 4.51. The standard InChI is InChI=1S/C13H10BrN3O/c14-10-2-1-9-7-16-17(13(9)5-10)12-3-4-15-11(6-12)8-18/h1-7,18H,8H2. The van der Waals surface area contributed by atoms with Crippen molar-refractivity contribution in [2.24, 2.45) is 0 Å². The highest BCUT2D eigenvalue weighted by Crippen LogP contribution is 2.22. The molecule has 2 aromatic heterocycles. The van der Waals surface area contributed by atoms with E-state index in [1.807, 2.05) is 41.2 Å². The molecule has 0 unspecified atom stereocenters. The van der Waals surface area contributed by atoms with Gasteiger partial charge in [0.1, 0.15) is 0 Å². The SMILES string of the molecule is OCc1cc(-n2ncc3ccc(Br)cc32)ccn1. The number of rotatable bonds is 2. The summed E-state index contributed by atoms with van der Waals surface area (Å²) in [6.07, 6.45) is 3.49. The minimum absolute atomic E-state index is 0.0727. The van der Waals surface area contributed by atoms with Crippen molar-refractivity contribution in [3.63, 3.8) is 0 Å². The molecule has 0 aliphatic rings. The first-order valence-electron chi connectivity index (χ1n) is 5.47. The third-order valence-electron chi connectivity index (χ3n) is 2.74. The molecule has 0 fully saturated rings. The Hall–Kier alpha value is -1.72. The Bertz CT molecular complexity index is 708. The van der Waals surface area contributed by atoms with Crippen LogP contribution in [0.1, 0.15) is 5.69 Å². The predicted molar refractivity (Wildman–Crippen MR) is 72.5 cm³/mol. The number of benzene rings is 1. The molecule has 1 aromatic carbocycles. The molecule has 3 aromatic rings. The predicted octanol–water partition coefficient (Wildman–Crippen LogP) is 2.68. The van der Waals surface area contributed by atoms with E-state index < -0.39 is 0 Å². The Balaban J connectivity index is 2.21. The molecule has 0 saturated carbocycles. The van der Waals surface area contributed by atoms with Gasteiger partial charge in [0.2, 0.25) is 0 Å². The maximum atomic E-state index is 9.12. The molecule has 2 heterocycles. The van der Waals surface area contributed by atoms with E-state index in [4.69, 9.17) is 5.11 Å². The molecule has 0 radical (unpaired) electrons. The quantitative estimate of drug-likeness (QED) is 0.792. The van der Waals surface area contributed by atoms with Crippen LogP contribution >= 0.6 is 15.9 Å². The Morgan fingerprint density at radius 3 is 2.94 bits per heavy atom. The highest BCUT2D eigenvalue weighted by atomic mass is 79.9. The van der Waals surface area contributed by atoms with Gasteiger partial charge in [0.05, 0.1) is 29.7 Å². The van der Waals surface area contributed by atoms with Crippen LogP contribution in [0.3, 0.4) is 0 Å². The summed E-state index contributed by atoms with van der Waals surface area (Å²) < 4.78 is 2.84. The Morgan fingerprint density at radius 1 is 1.22 bits per heavy atom. The van der Waals surface area contributed by atoms with E-state index in [9.17, 15) is 0 Å². The average molecular weight is 304 g/mol. The largest absolute Gasteiger partial charge is 0.390 e. The zero-order valence-corrected chi connectivity index (χ0v) is 11.0. The van der Waals surface area contributed by atoms with Gasteiger partial charge in [0.25, 0.3) is 0 Å². The minimum Gasteiger partial charge on any atom is -0.390 e. The number of fused-ring (bicyclic) bond motifs is 1. The summed E-state index contributed by atoms with van der Waals surface area (Å²) in [5.74, 6) is 0. The first-order chi connectivity index (χ1) is 8.78. The van der Waals surface area contributed by atoms with E-state index in [0.29, 0.717) is 5.69 Å². The van der Waals surface area contributed by atoms with E-state index in [1.54, 1.807) is 6.20 Å². The fourth-order valence-electron chi connectivity index (χ4n) is 1.88. The van der Waals surface area contributed by atoms with Crippen LogP contribution in [-0.2, 0) is 6.61 Å². The topological polar surface area (TPSA) is 50.9 Å². The Kier molecular flexibility index (Phi) is 2.85. The molecule has 0 spiro atoms. The van der Waals surface area contributed by atoms with E-state index in [0.717, 1.165) is 21.1 Å². The van der Waals surface area contributed by atoms with Crippen LogP contribution in [0.2, 0.25) is 0 Å². The van der Waals surface area contributed by atoms with Crippen molar-refractivity contribution in [1.29, 1.82) is 0 Å². The lowest BCUT2D eigenvalue weighted by Crippen LogP contribution is -1.98. The van der Waals surface area contributed by atoms with Crippen LogP contribution in [0, 0.1) is 0 Å². The van der Waals surface area contributed by atoms with Crippen LogP contribution in [0.4, 0.5) is 0 Å². The van der Waals surface area contributed by atoms with Crippen molar-refractivity contribution in [2.75, 3.05) is 0 Å². The van der Waals surface area contributed by atoms with E-state index >= 15 is 0 Å². The van der Waals surface area contributed by atoms with E-state index in [-0.39, 0.29) is 6.61 Å². The number of hydrogen-bond acceptors (Lipinski definition) is 3. The summed E-state index contributed by atoms with van der Waals surface area (Å²) >= 11 is 3.46. The fraction of sp³-hybridized carbons (Fsp3) is 0.0769. The normalized spacial score (nSPS) is 11.0. The van der Waals surface area contributed by atoms with Crippen molar-refractivity contribution in [3.8, 4) is 5.69 Å². The van der Waals surface area contributed by atoms with Gasteiger partial charge in [-0.25, -0.2) is 4.68 Å². The third-order valence-corrected chi connectivity index (χ3v) is 3.23. The van der Waals surface area contributed by atoms with Gasteiger partial charge < -0.3 is 5.11 Å². The number of nitrogens with zero attached hydrogens (tertiary/aromatic N) is 3. The van der Waals surface area contributed by atoms with Gasteiger partial charge in [-0.05, 0) is 24.3 Å². The molecule has 0 aliphatic carbocycles. The zero-order chi connectivity index (χ0) is 12.5. The van der Waals surface area contributed by atoms with Gasteiger partial charge in [-0.2, -0.15) is 5.10 Å². The maximum Gasteiger partial charge on any atom is 0.0853 e. The summed E-state index contributed by atoms with van der Waals surface area (Å²) in [4.78, 5) is 4.07. The highest BCUT2D eigenvalue weighted by molar-refractivity contribution is 9.10. The number of aromatic nitrogens is 3. The van der Waals surface area contributed by atoms with Crippen LogP contribution in [0.15, 0.2) is 47.2 Å². The first kappa shape index (κ1) is 11.4. The molecule has 5 heteroatoms. The summed E-state index contributed by atoms with van der Waals surface area (Å²) in [5, 5.41) is 14.6. The molecule has 4 nitrogen and oxygen atoms in total. The molecule has 0 atom stereocenters. The average Bonchev–Trinajstić information content (AvgIpc) is 2.81. The number of hydrogen-bond donors (Lipinski definition) is 1. The number of aliphatic hydroxyl groups is 1. The monoisotopic (exact) mass is 303 g/mol. The van der Waals surface area contributed by atoms with Crippen molar-refractivity contribution >= 4 is 26.8 Å². The lowest BCUT2D eigenvalue weighted by atomic mass is 10.2. The Morgan fingerprint density at radius 2 is 2.11 bits per heavy atom. The van der Waals surface area contributed by atoms with Gasteiger partial charge >= 0.3 is 0 Å². The zero-order valence-electron chi connectivity index (χ0n) is 9.42. The van der Waals surface area contributed by atoms with Crippen molar-refractivity contribution in [1.82, 2.24) is 14.8 Å². The molecule has 0 amide bonds. The van der Waals surface area contributed by atoms with Gasteiger partial charge in [0.15, 0.2) is 0 Å². The highest BCUT2D eigenvalue weighted by Gasteiger charge is 2.06. The molecule has 3 rings (SSSR count). The van der Waals surface area contributed by atoms with E-state index in [2.05, 4.69) is 26.0 Å². The maximum absolute atomic E-state index is 9.12. The van der Waals surface area contributed by atoms with Crippen molar-refractivity contribution < 1.29 is 5.11 Å². The van der Waals surface area contributed by atoms with Crippen LogP contribution in [0.5, 0.6) is 0 Å². The van der Waals surface area contributed by atoms with Crippen molar-refractivity contribution in [3.05, 3.63) is 52.9 Å². The van der Waals surface area contributed by atoms with Crippen LogP contribution in [0.25, 0.3) is 16.6 Å². The molecular formula is C13H10BrN3O. The number of pyridine rings is 1.